The van der Waals surface area contributed by atoms with Crippen LogP contribution >= 0.6 is 0 Å². The number of nitrogens with zero attached hydrogens (tertiary/aromatic N) is 2. The Hall–Kier alpha value is -4.26. The molecular weight excluding hydrogens is 596 g/mol. The third-order valence-corrected chi connectivity index (χ3v) is 10.4. The van der Waals surface area contributed by atoms with Crippen molar-refractivity contribution in [3.63, 3.8) is 0 Å². The predicted molar refractivity (Wildman–Crippen MR) is 189 cm³/mol. The second-order valence-corrected chi connectivity index (χ2v) is 14.0. The average molecular weight is 645 g/mol. The van der Waals surface area contributed by atoms with Crippen LogP contribution in [0.15, 0.2) is 109 Å². The zero-order valence-corrected chi connectivity index (χ0v) is 28.7. The Morgan fingerprint density at radius 2 is 0.917 bits per heavy atom. The number of carbonyl (C=O) groups is 2. The van der Waals surface area contributed by atoms with Crippen molar-refractivity contribution in [2.45, 2.75) is 49.7 Å². The Labute approximate surface area is 285 Å². The summed E-state index contributed by atoms with van der Waals surface area (Å²) >= 11 is 0. The Morgan fingerprint density at radius 3 is 1.29 bits per heavy atom. The highest BCUT2D eigenvalue weighted by Gasteiger charge is 2.53. The van der Waals surface area contributed by atoms with Crippen LogP contribution in [-0.4, -0.2) is 63.0 Å². The summed E-state index contributed by atoms with van der Waals surface area (Å²) in [6.45, 7) is 1.65. The molecule has 4 aromatic carbocycles. The molecule has 4 unspecified atom stereocenters. The van der Waals surface area contributed by atoms with Gasteiger partial charge in [0.15, 0.2) is 11.2 Å². The summed E-state index contributed by atoms with van der Waals surface area (Å²) in [6.07, 6.45) is 5.02. The van der Waals surface area contributed by atoms with Gasteiger partial charge < -0.3 is 19.3 Å². The Bertz CT molecular complexity index is 1580. The topological polar surface area (TPSA) is 59.1 Å². The van der Waals surface area contributed by atoms with Gasteiger partial charge in [0.1, 0.15) is 0 Å². The van der Waals surface area contributed by atoms with Gasteiger partial charge in [0.2, 0.25) is 0 Å². The molecule has 0 spiro atoms. The quantitative estimate of drug-likeness (QED) is 0.137. The maximum atomic E-state index is 14.5. The molecule has 0 saturated heterocycles. The lowest BCUT2D eigenvalue weighted by Crippen LogP contribution is -2.49. The van der Waals surface area contributed by atoms with Crippen molar-refractivity contribution in [2.24, 2.45) is 11.8 Å². The van der Waals surface area contributed by atoms with Crippen LogP contribution in [0.25, 0.3) is 0 Å². The fraction of sp³-hybridized carbons (Fsp3) is 0.381. The number of aryl methyl sites for hydroxylation is 2. The highest BCUT2D eigenvalue weighted by Crippen LogP contribution is 2.51. The van der Waals surface area contributed by atoms with E-state index in [1.54, 1.807) is 0 Å². The van der Waals surface area contributed by atoms with Gasteiger partial charge in [-0.3, -0.25) is 0 Å². The van der Waals surface area contributed by atoms with Crippen molar-refractivity contribution in [3.8, 4) is 0 Å². The van der Waals surface area contributed by atoms with Crippen LogP contribution in [0.5, 0.6) is 0 Å². The lowest BCUT2D eigenvalue weighted by molar-refractivity contribution is -0.190. The first kappa shape index (κ1) is 33.6. The van der Waals surface area contributed by atoms with Gasteiger partial charge in [-0.05, 0) is 90.9 Å². The Morgan fingerprint density at radius 1 is 0.562 bits per heavy atom. The number of rotatable bonds is 10. The van der Waals surface area contributed by atoms with Crippen LogP contribution in [0.1, 0.15) is 59.1 Å². The highest BCUT2D eigenvalue weighted by molar-refractivity contribution is 6.30. The summed E-state index contributed by atoms with van der Waals surface area (Å²) in [5.74, 6) is -2.01. The SMILES string of the molecule is CN(C)CCC1CCc2ccccc2C1(OC(=O)C(=O)OC1(c2ccccc2)c2ccccc2CCC1CCN(C)C)c1ccccc1. The van der Waals surface area contributed by atoms with E-state index in [0.29, 0.717) is 0 Å². The van der Waals surface area contributed by atoms with E-state index in [4.69, 9.17) is 9.47 Å². The molecule has 0 amide bonds. The molecular formula is C42H48N2O4. The van der Waals surface area contributed by atoms with Crippen LogP contribution in [0.3, 0.4) is 0 Å². The normalized spacial score (nSPS) is 23.3. The minimum absolute atomic E-state index is 0.0414. The molecule has 0 aromatic heterocycles. The molecule has 6 heteroatoms. The molecule has 0 N–H and O–H groups in total. The van der Waals surface area contributed by atoms with Crippen LogP contribution in [0, 0.1) is 11.8 Å². The van der Waals surface area contributed by atoms with E-state index < -0.39 is 23.1 Å². The van der Waals surface area contributed by atoms with Gasteiger partial charge in [-0.2, -0.15) is 0 Å². The monoisotopic (exact) mass is 644 g/mol. The first-order valence-electron chi connectivity index (χ1n) is 17.3. The van der Waals surface area contributed by atoms with E-state index in [2.05, 4.69) is 62.3 Å². The molecule has 0 fully saturated rings. The minimum Gasteiger partial charge on any atom is -0.440 e. The van der Waals surface area contributed by atoms with E-state index in [-0.39, 0.29) is 11.8 Å². The number of fused-ring (bicyclic) bond motifs is 2. The smallest absolute Gasteiger partial charge is 0.418 e. The fourth-order valence-corrected chi connectivity index (χ4v) is 8.15. The van der Waals surface area contributed by atoms with E-state index in [9.17, 15) is 9.59 Å². The molecule has 0 saturated carbocycles. The zero-order valence-electron chi connectivity index (χ0n) is 28.7. The molecule has 4 aromatic rings. The Kier molecular flexibility index (Phi) is 10.1. The average Bonchev–Trinajstić information content (AvgIpc) is 3.11. The van der Waals surface area contributed by atoms with Crippen LogP contribution in [0.2, 0.25) is 0 Å². The van der Waals surface area contributed by atoms with Crippen molar-refractivity contribution in [2.75, 3.05) is 41.3 Å². The summed E-state index contributed by atoms with van der Waals surface area (Å²) in [6, 6.07) is 36.3. The molecule has 2 aliphatic carbocycles. The summed E-state index contributed by atoms with van der Waals surface area (Å²) in [4.78, 5) is 33.3. The van der Waals surface area contributed by atoms with Gasteiger partial charge in [0.05, 0.1) is 0 Å². The third-order valence-electron chi connectivity index (χ3n) is 10.4. The lowest BCUT2D eigenvalue weighted by atomic mass is 9.66. The van der Waals surface area contributed by atoms with Crippen LogP contribution in [-0.2, 0) is 43.1 Å². The van der Waals surface area contributed by atoms with Gasteiger partial charge in [-0.25, -0.2) is 9.59 Å². The molecule has 48 heavy (non-hydrogen) atoms. The zero-order chi connectivity index (χ0) is 33.7. The molecule has 0 aliphatic heterocycles. The van der Waals surface area contributed by atoms with Crippen molar-refractivity contribution >= 4 is 11.9 Å². The maximum absolute atomic E-state index is 14.5. The molecule has 0 radical (unpaired) electrons. The fourth-order valence-electron chi connectivity index (χ4n) is 8.15. The summed E-state index contributed by atoms with van der Waals surface area (Å²) in [5.41, 5.74) is 3.60. The van der Waals surface area contributed by atoms with Gasteiger partial charge in [0.25, 0.3) is 0 Å². The van der Waals surface area contributed by atoms with E-state index in [1.165, 1.54) is 0 Å². The number of esters is 2. The van der Waals surface area contributed by atoms with Gasteiger partial charge in [0, 0.05) is 34.1 Å². The predicted octanol–water partition coefficient (Wildman–Crippen LogP) is 6.99. The number of hydrogen-bond donors (Lipinski definition) is 0. The number of benzene rings is 4. The molecule has 0 bridgehead atoms. The molecule has 2 aliphatic rings. The van der Waals surface area contributed by atoms with Gasteiger partial charge in [-0.15, -0.1) is 0 Å². The molecule has 6 nitrogen and oxygen atoms in total. The first-order valence-corrected chi connectivity index (χ1v) is 17.3. The van der Waals surface area contributed by atoms with E-state index in [0.717, 1.165) is 85.0 Å². The largest absolute Gasteiger partial charge is 0.440 e. The number of hydrogen-bond acceptors (Lipinski definition) is 6. The molecule has 4 atom stereocenters. The summed E-state index contributed by atoms with van der Waals surface area (Å²) in [5, 5.41) is 0. The van der Waals surface area contributed by atoms with Crippen LogP contribution < -0.4 is 0 Å². The number of ether oxygens (including phenoxy) is 2. The van der Waals surface area contributed by atoms with Crippen molar-refractivity contribution in [3.05, 3.63) is 143 Å². The summed E-state index contributed by atoms with van der Waals surface area (Å²) < 4.78 is 13.4. The van der Waals surface area contributed by atoms with E-state index >= 15 is 0 Å². The van der Waals surface area contributed by atoms with Gasteiger partial charge in [-0.1, -0.05) is 109 Å². The Balaban J connectivity index is 1.45. The van der Waals surface area contributed by atoms with E-state index in [1.807, 2.05) is 84.9 Å². The van der Waals surface area contributed by atoms with Crippen molar-refractivity contribution in [1.29, 1.82) is 0 Å². The standard InChI is InChI=1S/C42H48N2O4/c1-43(2)29-27-35-25-23-31-15-11-13-21-37(31)41(35,33-17-7-5-8-18-33)47-39(45)40(46)48-42(34-19-9-6-10-20-34)36(28-30-44(3)4)26-24-32-16-12-14-22-38(32)42/h5-22,35-36H,23-30H2,1-4H3. The highest BCUT2D eigenvalue weighted by atomic mass is 16.6. The van der Waals surface area contributed by atoms with Crippen LogP contribution in [0.4, 0.5) is 0 Å². The van der Waals surface area contributed by atoms with Crippen molar-refractivity contribution in [1.82, 2.24) is 9.80 Å². The number of carbonyl (C=O) groups excluding carboxylic acids is 2. The third kappa shape index (κ3) is 6.44. The molecule has 6 rings (SSSR count). The lowest BCUT2D eigenvalue weighted by Gasteiger charge is -2.47. The maximum Gasteiger partial charge on any atom is 0.418 e. The second-order valence-electron chi connectivity index (χ2n) is 14.0. The summed E-state index contributed by atoms with van der Waals surface area (Å²) in [7, 11) is 8.23. The first-order chi connectivity index (χ1) is 23.3. The van der Waals surface area contributed by atoms with Gasteiger partial charge >= 0.3 is 11.9 Å². The molecule has 250 valence electrons. The molecule has 0 heterocycles. The minimum atomic E-state index is -1.14. The second kappa shape index (κ2) is 14.5. The van der Waals surface area contributed by atoms with Crippen molar-refractivity contribution < 1.29 is 19.1 Å².